The molecule has 2 aromatic heterocycles. The van der Waals surface area contributed by atoms with Gasteiger partial charge in [0.25, 0.3) is 0 Å². The van der Waals surface area contributed by atoms with Gasteiger partial charge in [0.15, 0.2) is 0 Å². The van der Waals surface area contributed by atoms with Crippen molar-refractivity contribution in [3.63, 3.8) is 0 Å². The zero-order chi connectivity index (χ0) is 13.0. The van der Waals surface area contributed by atoms with Gasteiger partial charge in [0.05, 0.1) is 10.2 Å². The summed E-state index contributed by atoms with van der Waals surface area (Å²) in [6.45, 7) is 4.47. The maximum Gasteiger partial charge on any atom is 0.221 e. The van der Waals surface area contributed by atoms with Gasteiger partial charge >= 0.3 is 0 Å². The second kappa shape index (κ2) is 5.77. The largest absolute Gasteiger partial charge is 0.368 e. The van der Waals surface area contributed by atoms with E-state index in [0.717, 1.165) is 16.0 Å². The van der Waals surface area contributed by atoms with Gasteiger partial charge < -0.3 is 10.6 Å². The highest BCUT2D eigenvalue weighted by molar-refractivity contribution is 7.17. The third-order valence-electron chi connectivity index (χ3n) is 2.34. The van der Waals surface area contributed by atoms with Gasteiger partial charge in [-0.3, -0.25) is 4.79 Å². The standard InChI is InChI=1S/C12H16N4OS/c1-8(2)16-10(17)3-5-13-12-11-9(4-6-18-11)14-7-15-12/h4,6-8H,3,5H2,1-2H3,(H,16,17)(H,13,14,15). The van der Waals surface area contributed by atoms with Crippen molar-refractivity contribution in [1.29, 1.82) is 0 Å². The van der Waals surface area contributed by atoms with Crippen LogP contribution in [0.5, 0.6) is 0 Å². The molecule has 0 atom stereocenters. The van der Waals surface area contributed by atoms with Crippen LogP contribution < -0.4 is 10.6 Å². The maximum atomic E-state index is 11.5. The van der Waals surface area contributed by atoms with Crippen LogP contribution in [0, 0.1) is 0 Å². The first-order valence-electron chi connectivity index (χ1n) is 5.88. The van der Waals surface area contributed by atoms with Crippen molar-refractivity contribution in [2.24, 2.45) is 0 Å². The quantitative estimate of drug-likeness (QED) is 0.867. The summed E-state index contributed by atoms with van der Waals surface area (Å²) in [5, 5.41) is 8.01. The summed E-state index contributed by atoms with van der Waals surface area (Å²) in [4.78, 5) is 19.8. The molecule has 0 saturated heterocycles. The predicted octanol–water partition coefficient (Wildman–Crippen LogP) is 2.02. The molecule has 0 fully saturated rings. The summed E-state index contributed by atoms with van der Waals surface area (Å²) in [6.07, 6.45) is 1.97. The number of nitrogens with one attached hydrogen (secondary N) is 2. The Morgan fingerprint density at radius 1 is 1.44 bits per heavy atom. The molecule has 0 aliphatic carbocycles. The molecular weight excluding hydrogens is 248 g/mol. The van der Waals surface area contributed by atoms with E-state index in [9.17, 15) is 4.79 Å². The average molecular weight is 264 g/mol. The average Bonchev–Trinajstić information content (AvgIpc) is 2.76. The number of fused-ring (bicyclic) bond motifs is 1. The van der Waals surface area contributed by atoms with Crippen LogP contribution in [0.4, 0.5) is 5.82 Å². The van der Waals surface area contributed by atoms with E-state index in [1.165, 1.54) is 6.33 Å². The number of carbonyl (C=O) groups excluding carboxylic acids is 1. The van der Waals surface area contributed by atoms with E-state index in [0.29, 0.717) is 13.0 Å². The molecule has 2 aromatic rings. The molecule has 18 heavy (non-hydrogen) atoms. The van der Waals surface area contributed by atoms with E-state index >= 15 is 0 Å². The van der Waals surface area contributed by atoms with E-state index in [-0.39, 0.29) is 11.9 Å². The smallest absolute Gasteiger partial charge is 0.221 e. The lowest BCUT2D eigenvalue weighted by Crippen LogP contribution is -2.31. The molecule has 1 amide bonds. The molecule has 6 heteroatoms. The highest BCUT2D eigenvalue weighted by Gasteiger charge is 2.06. The number of aromatic nitrogens is 2. The van der Waals surface area contributed by atoms with Crippen LogP contribution in [-0.4, -0.2) is 28.5 Å². The van der Waals surface area contributed by atoms with Crippen molar-refractivity contribution in [1.82, 2.24) is 15.3 Å². The molecule has 96 valence electrons. The molecule has 2 heterocycles. The number of hydrogen-bond acceptors (Lipinski definition) is 5. The minimum atomic E-state index is 0.0500. The van der Waals surface area contributed by atoms with Crippen LogP contribution in [0.1, 0.15) is 20.3 Å². The Kier molecular flexibility index (Phi) is 4.09. The summed E-state index contributed by atoms with van der Waals surface area (Å²) in [7, 11) is 0. The number of carbonyl (C=O) groups is 1. The molecule has 0 spiro atoms. The van der Waals surface area contributed by atoms with Crippen LogP contribution in [0.25, 0.3) is 10.2 Å². The molecule has 0 saturated carbocycles. The third kappa shape index (κ3) is 3.16. The first-order chi connectivity index (χ1) is 8.66. The fourth-order valence-electron chi connectivity index (χ4n) is 1.60. The molecule has 0 bridgehead atoms. The normalized spacial score (nSPS) is 10.8. The van der Waals surface area contributed by atoms with E-state index in [1.807, 2.05) is 25.3 Å². The number of thiophene rings is 1. The van der Waals surface area contributed by atoms with Gasteiger partial charge in [0.1, 0.15) is 12.1 Å². The first-order valence-corrected chi connectivity index (χ1v) is 6.76. The predicted molar refractivity (Wildman–Crippen MR) is 73.8 cm³/mol. The monoisotopic (exact) mass is 264 g/mol. The molecule has 0 aliphatic rings. The molecule has 2 rings (SSSR count). The van der Waals surface area contributed by atoms with Gasteiger partial charge in [-0.15, -0.1) is 11.3 Å². The minimum absolute atomic E-state index is 0.0500. The van der Waals surface area contributed by atoms with Gasteiger partial charge in [-0.2, -0.15) is 0 Å². The van der Waals surface area contributed by atoms with Crippen molar-refractivity contribution in [3.05, 3.63) is 17.8 Å². The van der Waals surface area contributed by atoms with Crippen molar-refractivity contribution >= 4 is 33.3 Å². The lowest BCUT2D eigenvalue weighted by molar-refractivity contribution is -0.121. The first kappa shape index (κ1) is 12.8. The third-order valence-corrected chi connectivity index (χ3v) is 3.25. The molecule has 5 nitrogen and oxygen atoms in total. The van der Waals surface area contributed by atoms with E-state index in [1.54, 1.807) is 11.3 Å². The van der Waals surface area contributed by atoms with E-state index < -0.39 is 0 Å². The Hall–Kier alpha value is -1.69. The van der Waals surface area contributed by atoms with Crippen LogP contribution in [0.2, 0.25) is 0 Å². The van der Waals surface area contributed by atoms with Crippen LogP contribution >= 0.6 is 11.3 Å². The Morgan fingerprint density at radius 2 is 2.28 bits per heavy atom. The van der Waals surface area contributed by atoms with Gasteiger partial charge in [-0.25, -0.2) is 9.97 Å². The molecule has 0 radical (unpaired) electrons. The molecule has 0 unspecified atom stereocenters. The zero-order valence-electron chi connectivity index (χ0n) is 10.4. The summed E-state index contributed by atoms with van der Waals surface area (Å²) < 4.78 is 1.03. The maximum absolute atomic E-state index is 11.5. The Balaban J connectivity index is 1.90. The van der Waals surface area contributed by atoms with Gasteiger partial charge in [0, 0.05) is 19.0 Å². The lowest BCUT2D eigenvalue weighted by atomic mass is 10.3. The van der Waals surface area contributed by atoms with Gasteiger partial charge in [-0.1, -0.05) is 0 Å². The van der Waals surface area contributed by atoms with E-state index in [4.69, 9.17) is 0 Å². The SMILES string of the molecule is CC(C)NC(=O)CCNc1ncnc2ccsc12. The number of anilines is 1. The zero-order valence-corrected chi connectivity index (χ0v) is 11.3. The number of rotatable bonds is 5. The van der Waals surface area contributed by atoms with Crippen LogP contribution in [0.15, 0.2) is 17.8 Å². The Bertz CT molecular complexity index is 538. The number of amides is 1. The minimum Gasteiger partial charge on any atom is -0.368 e. The van der Waals surface area contributed by atoms with Crippen LogP contribution in [0.3, 0.4) is 0 Å². The van der Waals surface area contributed by atoms with Crippen molar-refractivity contribution < 1.29 is 4.79 Å². The molecule has 0 aromatic carbocycles. The highest BCUT2D eigenvalue weighted by atomic mass is 32.1. The van der Waals surface area contributed by atoms with Crippen molar-refractivity contribution in [3.8, 4) is 0 Å². The lowest BCUT2D eigenvalue weighted by Gasteiger charge is -2.09. The van der Waals surface area contributed by atoms with Crippen LogP contribution in [-0.2, 0) is 4.79 Å². The second-order valence-corrected chi connectivity index (χ2v) is 5.17. The summed E-state index contributed by atoms with van der Waals surface area (Å²) in [6, 6.07) is 2.14. The number of hydrogen-bond donors (Lipinski definition) is 2. The molecular formula is C12H16N4OS. The van der Waals surface area contributed by atoms with Gasteiger partial charge in [0.2, 0.25) is 5.91 Å². The van der Waals surface area contributed by atoms with Gasteiger partial charge in [-0.05, 0) is 25.3 Å². The fraction of sp³-hybridized carbons (Fsp3) is 0.417. The number of nitrogens with zero attached hydrogens (tertiary/aromatic N) is 2. The fourth-order valence-corrected chi connectivity index (χ4v) is 2.41. The second-order valence-electron chi connectivity index (χ2n) is 4.26. The Morgan fingerprint density at radius 3 is 3.06 bits per heavy atom. The molecule has 0 aliphatic heterocycles. The summed E-state index contributed by atoms with van der Waals surface area (Å²) in [5.41, 5.74) is 0.934. The van der Waals surface area contributed by atoms with E-state index in [2.05, 4.69) is 20.6 Å². The summed E-state index contributed by atoms with van der Waals surface area (Å²) in [5.74, 6) is 0.848. The topological polar surface area (TPSA) is 66.9 Å². The van der Waals surface area contributed by atoms with Crippen molar-refractivity contribution in [2.75, 3.05) is 11.9 Å². The van der Waals surface area contributed by atoms with Crippen molar-refractivity contribution in [2.45, 2.75) is 26.3 Å². The molecule has 2 N–H and O–H groups in total. The highest BCUT2D eigenvalue weighted by Crippen LogP contribution is 2.24. The summed E-state index contributed by atoms with van der Waals surface area (Å²) >= 11 is 1.60. The Labute approximate surface area is 110 Å².